The van der Waals surface area contributed by atoms with E-state index in [4.69, 9.17) is 4.42 Å². The summed E-state index contributed by atoms with van der Waals surface area (Å²) in [7, 11) is 3.77. The molecule has 2 aromatic rings. The van der Waals surface area contributed by atoms with E-state index < -0.39 is 0 Å². The third-order valence-electron chi connectivity index (χ3n) is 2.54. The largest absolute Gasteiger partial charge is 0.407 e. The second kappa shape index (κ2) is 6.11. The Bertz CT molecular complexity index is 470. The SMILES string of the molecule is CNCc1nnc(N(C)CCc2ccccn2)o1. The van der Waals surface area contributed by atoms with Gasteiger partial charge in [0.1, 0.15) is 0 Å². The summed E-state index contributed by atoms with van der Waals surface area (Å²) in [6, 6.07) is 6.44. The van der Waals surface area contributed by atoms with E-state index in [-0.39, 0.29) is 0 Å². The lowest BCUT2D eigenvalue weighted by atomic mass is 10.2. The molecule has 2 rings (SSSR count). The minimum atomic E-state index is 0.538. The lowest BCUT2D eigenvalue weighted by molar-refractivity contribution is 0.476. The van der Waals surface area contributed by atoms with Crippen LogP contribution in [0, 0.1) is 0 Å². The van der Waals surface area contributed by atoms with E-state index in [1.165, 1.54) is 0 Å². The topological polar surface area (TPSA) is 67.1 Å². The van der Waals surface area contributed by atoms with Crippen molar-refractivity contribution in [1.82, 2.24) is 20.5 Å². The molecule has 6 heteroatoms. The van der Waals surface area contributed by atoms with Crippen molar-refractivity contribution >= 4 is 6.01 Å². The molecule has 0 unspecified atom stereocenters. The van der Waals surface area contributed by atoms with Crippen LogP contribution in [0.1, 0.15) is 11.6 Å². The van der Waals surface area contributed by atoms with E-state index >= 15 is 0 Å². The molecule has 0 atom stereocenters. The summed E-state index contributed by atoms with van der Waals surface area (Å²) in [5.41, 5.74) is 1.05. The third-order valence-corrected chi connectivity index (χ3v) is 2.54. The van der Waals surface area contributed by atoms with Crippen LogP contribution in [0.4, 0.5) is 6.01 Å². The van der Waals surface area contributed by atoms with Gasteiger partial charge in [-0.2, -0.15) is 0 Å². The Morgan fingerprint density at radius 3 is 2.94 bits per heavy atom. The Balaban J connectivity index is 1.89. The van der Waals surface area contributed by atoms with Crippen molar-refractivity contribution in [3.63, 3.8) is 0 Å². The fourth-order valence-electron chi connectivity index (χ4n) is 1.55. The predicted molar refractivity (Wildman–Crippen MR) is 68.3 cm³/mol. The summed E-state index contributed by atoms with van der Waals surface area (Å²) in [6.07, 6.45) is 2.65. The summed E-state index contributed by atoms with van der Waals surface area (Å²) in [5, 5.41) is 10.9. The Kier molecular flexibility index (Phi) is 4.25. The monoisotopic (exact) mass is 247 g/mol. The van der Waals surface area contributed by atoms with Crippen molar-refractivity contribution in [3.8, 4) is 0 Å². The Morgan fingerprint density at radius 1 is 1.33 bits per heavy atom. The summed E-state index contributed by atoms with van der Waals surface area (Å²) < 4.78 is 5.50. The smallest absolute Gasteiger partial charge is 0.317 e. The highest BCUT2D eigenvalue weighted by Crippen LogP contribution is 2.10. The first kappa shape index (κ1) is 12.5. The van der Waals surface area contributed by atoms with Crippen molar-refractivity contribution < 1.29 is 4.42 Å². The quantitative estimate of drug-likeness (QED) is 0.816. The van der Waals surface area contributed by atoms with Crippen molar-refractivity contribution in [2.24, 2.45) is 0 Å². The molecular weight excluding hydrogens is 230 g/mol. The van der Waals surface area contributed by atoms with Crippen molar-refractivity contribution in [2.75, 3.05) is 25.5 Å². The fraction of sp³-hybridized carbons (Fsp3) is 0.417. The maximum Gasteiger partial charge on any atom is 0.317 e. The summed E-state index contributed by atoms with van der Waals surface area (Å²) in [5.74, 6) is 0.595. The number of likely N-dealkylation sites (N-methyl/N-ethyl adjacent to an activating group) is 1. The maximum absolute atomic E-state index is 5.50. The van der Waals surface area contributed by atoms with Gasteiger partial charge < -0.3 is 14.6 Å². The highest BCUT2D eigenvalue weighted by Gasteiger charge is 2.10. The second-order valence-electron chi connectivity index (χ2n) is 4.00. The number of anilines is 1. The van der Waals surface area contributed by atoms with Crippen molar-refractivity contribution in [1.29, 1.82) is 0 Å². The average Bonchev–Trinajstić information content (AvgIpc) is 2.86. The highest BCUT2D eigenvalue weighted by atomic mass is 16.4. The van der Waals surface area contributed by atoms with E-state index in [2.05, 4.69) is 20.5 Å². The van der Waals surface area contributed by atoms with E-state index in [0.717, 1.165) is 18.7 Å². The molecule has 0 aromatic carbocycles. The number of hydrogen-bond donors (Lipinski definition) is 1. The molecular formula is C12H17N5O. The van der Waals surface area contributed by atoms with Crippen LogP contribution in [0.15, 0.2) is 28.8 Å². The molecule has 0 bridgehead atoms. The zero-order chi connectivity index (χ0) is 12.8. The molecule has 18 heavy (non-hydrogen) atoms. The van der Waals surface area contributed by atoms with Crippen LogP contribution in [0.2, 0.25) is 0 Å². The molecule has 0 radical (unpaired) electrons. The first-order valence-electron chi connectivity index (χ1n) is 5.87. The van der Waals surface area contributed by atoms with Gasteiger partial charge in [0, 0.05) is 31.9 Å². The second-order valence-corrected chi connectivity index (χ2v) is 4.00. The van der Waals surface area contributed by atoms with Crippen LogP contribution >= 0.6 is 0 Å². The molecule has 2 heterocycles. The predicted octanol–water partition coefficient (Wildman–Crippen LogP) is 0.863. The summed E-state index contributed by atoms with van der Waals surface area (Å²) in [6.45, 7) is 1.37. The van der Waals surface area contributed by atoms with Gasteiger partial charge in [-0.05, 0) is 19.2 Å². The summed E-state index contributed by atoms with van der Waals surface area (Å²) >= 11 is 0. The Hall–Kier alpha value is -1.95. The zero-order valence-electron chi connectivity index (χ0n) is 10.6. The molecule has 96 valence electrons. The lowest BCUT2D eigenvalue weighted by Crippen LogP contribution is -2.20. The molecule has 0 amide bonds. The van der Waals surface area contributed by atoms with Gasteiger partial charge in [-0.3, -0.25) is 4.98 Å². The molecule has 6 nitrogen and oxygen atoms in total. The lowest BCUT2D eigenvalue weighted by Gasteiger charge is -2.12. The molecule has 0 saturated heterocycles. The van der Waals surface area contributed by atoms with Gasteiger partial charge in [0.15, 0.2) is 0 Å². The number of hydrogen-bond acceptors (Lipinski definition) is 6. The molecule has 0 aliphatic carbocycles. The van der Waals surface area contributed by atoms with Gasteiger partial charge >= 0.3 is 6.01 Å². The first-order chi connectivity index (χ1) is 8.79. The standard InChI is InChI=1S/C12H17N5O/c1-13-9-11-15-16-12(18-11)17(2)8-6-10-5-3-4-7-14-10/h3-5,7,13H,6,8-9H2,1-2H3. The molecule has 1 N–H and O–H groups in total. The normalized spacial score (nSPS) is 10.6. The number of aromatic nitrogens is 3. The number of pyridine rings is 1. The van der Waals surface area contributed by atoms with Crippen molar-refractivity contribution in [2.45, 2.75) is 13.0 Å². The van der Waals surface area contributed by atoms with Crippen LogP contribution in [0.5, 0.6) is 0 Å². The fourth-order valence-corrected chi connectivity index (χ4v) is 1.55. The summed E-state index contributed by atoms with van der Waals surface area (Å²) in [4.78, 5) is 6.21. The maximum atomic E-state index is 5.50. The van der Waals surface area contributed by atoms with Crippen LogP contribution in [-0.2, 0) is 13.0 Å². The number of rotatable bonds is 6. The molecule has 0 fully saturated rings. The first-order valence-corrected chi connectivity index (χ1v) is 5.87. The van der Waals surface area contributed by atoms with Gasteiger partial charge in [-0.1, -0.05) is 11.2 Å². The van der Waals surface area contributed by atoms with Crippen LogP contribution in [0.3, 0.4) is 0 Å². The van der Waals surface area contributed by atoms with E-state index in [0.29, 0.717) is 18.5 Å². The molecule has 0 aliphatic heterocycles. The van der Waals surface area contributed by atoms with Crippen molar-refractivity contribution in [3.05, 3.63) is 36.0 Å². The number of nitrogens with zero attached hydrogens (tertiary/aromatic N) is 4. The third kappa shape index (κ3) is 3.27. The van der Waals surface area contributed by atoms with Gasteiger partial charge in [0.05, 0.1) is 6.54 Å². The van der Waals surface area contributed by atoms with Gasteiger partial charge in [-0.15, -0.1) is 5.10 Å². The van der Waals surface area contributed by atoms with Gasteiger partial charge in [-0.25, -0.2) is 0 Å². The Morgan fingerprint density at radius 2 is 2.22 bits per heavy atom. The van der Waals surface area contributed by atoms with E-state index in [1.807, 2.05) is 37.2 Å². The van der Waals surface area contributed by atoms with E-state index in [9.17, 15) is 0 Å². The zero-order valence-corrected chi connectivity index (χ0v) is 10.6. The average molecular weight is 247 g/mol. The molecule has 0 saturated carbocycles. The van der Waals surface area contributed by atoms with Gasteiger partial charge in [0.2, 0.25) is 5.89 Å². The Labute approximate surface area is 106 Å². The molecule has 0 spiro atoms. The van der Waals surface area contributed by atoms with Gasteiger partial charge in [0.25, 0.3) is 0 Å². The van der Waals surface area contributed by atoms with E-state index in [1.54, 1.807) is 6.20 Å². The van der Waals surface area contributed by atoms with Crippen LogP contribution < -0.4 is 10.2 Å². The van der Waals surface area contributed by atoms with Crippen LogP contribution in [0.25, 0.3) is 0 Å². The molecule has 2 aromatic heterocycles. The molecule has 0 aliphatic rings. The highest BCUT2D eigenvalue weighted by molar-refractivity contribution is 5.22. The minimum Gasteiger partial charge on any atom is -0.407 e. The van der Waals surface area contributed by atoms with Crippen LogP contribution in [-0.4, -0.2) is 35.8 Å². The number of nitrogens with one attached hydrogen (secondary N) is 1. The minimum absolute atomic E-state index is 0.538.